The summed E-state index contributed by atoms with van der Waals surface area (Å²) >= 11 is 0. The lowest BCUT2D eigenvalue weighted by atomic mass is 10.1. The number of rotatable bonds is 4. The van der Waals surface area contributed by atoms with Gasteiger partial charge in [0.2, 0.25) is 0 Å². The van der Waals surface area contributed by atoms with E-state index in [9.17, 15) is 4.79 Å². The average molecular weight is 250 g/mol. The quantitative estimate of drug-likeness (QED) is 0.887. The number of carbonyl (C=O) groups excluding carboxylic acids is 1. The second kappa shape index (κ2) is 5.87. The van der Waals surface area contributed by atoms with Crippen molar-refractivity contribution in [2.75, 3.05) is 14.1 Å². The number of likely N-dealkylation sites (N-methyl/N-ethyl adjacent to an activating group) is 1. The Morgan fingerprint density at radius 1 is 1.33 bits per heavy atom. The fraction of sp³-hybridized carbons (Fsp3) is 0.500. The minimum atomic E-state index is -0.514. The summed E-state index contributed by atoms with van der Waals surface area (Å²) in [4.78, 5) is 13.3. The summed E-state index contributed by atoms with van der Waals surface area (Å²) in [5.41, 5.74) is 7.97. The molecule has 4 heteroatoms. The van der Waals surface area contributed by atoms with Crippen molar-refractivity contribution in [3.05, 3.63) is 29.3 Å². The van der Waals surface area contributed by atoms with Crippen LogP contribution in [0.3, 0.4) is 0 Å². The molecule has 4 nitrogen and oxygen atoms in total. The number of amides is 1. The van der Waals surface area contributed by atoms with Crippen LogP contribution in [0.25, 0.3) is 0 Å². The molecule has 0 fully saturated rings. The molecule has 0 spiro atoms. The van der Waals surface area contributed by atoms with Gasteiger partial charge in [0.05, 0.1) is 0 Å². The molecule has 0 saturated carbocycles. The Labute approximate surface area is 109 Å². The molecule has 0 radical (unpaired) electrons. The minimum Gasteiger partial charge on any atom is -0.481 e. The maximum atomic E-state index is 11.8. The van der Waals surface area contributed by atoms with Gasteiger partial charge in [0.15, 0.2) is 6.10 Å². The van der Waals surface area contributed by atoms with E-state index in [1.165, 1.54) is 4.90 Å². The first-order valence-electron chi connectivity index (χ1n) is 6.07. The zero-order valence-corrected chi connectivity index (χ0v) is 11.7. The molecule has 1 amide bonds. The molecule has 0 heterocycles. The molecule has 2 atom stereocenters. The van der Waals surface area contributed by atoms with Crippen molar-refractivity contribution in [3.63, 3.8) is 0 Å². The third kappa shape index (κ3) is 3.47. The summed E-state index contributed by atoms with van der Waals surface area (Å²) in [5.74, 6) is 0.615. The highest BCUT2D eigenvalue weighted by Crippen LogP contribution is 2.26. The van der Waals surface area contributed by atoms with Crippen LogP contribution < -0.4 is 10.5 Å². The van der Waals surface area contributed by atoms with Crippen LogP contribution in [0, 0.1) is 6.92 Å². The second-order valence-corrected chi connectivity index (χ2v) is 4.82. The van der Waals surface area contributed by atoms with E-state index in [1.54, 1.807) is 21.0 Å². The Kier molecular flexibility index (Phi) is 4.73. The second-order valence-electron chi connectivity index (χ2n) is 4.82. The van der Waals surface area contributed by atoms with E-state index < -0.39 is 6.10 Å². The summed E-state index contributed by atoms with van der Waals surface area (Å²) in [7, 11) is 3.42. The average Bonchev–Trinajstić information content (AvgIpc) is 2.29. The summed E-state index contributed by atoms with van der Waals surface area (Å²) < 4.78 is 5.71. The minimum absolute atomic E-state index is 0.0637. The number of aryl methyl sites for hydroxylation is 1. The van der Waals surface area contributed by atoms with Gasteiger partial charge in [0.1, 0.15) is 5.75 Å². The SMILES string of the molecule is Cc1ccc(OC(C)C(=O)N(C)C)c([C@@H](C)N)c1. The van der Waals surface area contributed by atoms with Gasteiger partial charge in [-0.1, -0.05) is 17.7 Å². The predicted molar refractivity (Wildman–Crippen MR) is 72.6 cm³/mol. The third-order valence-electron chi connectivity index (χ3n) is 2.75. The van der Waals surface area contributed by atoms with Crippen molar-refractivity contribution in [2.24, 2.45) is 5.73 Å². The molecule has 0 bridgehead atoms. The zero-order valence-electron chi connectivity index (χ0n) is 11.7. The summed E-state index contributed by atoms with van der Waals surface area (Å²) in [6, 6.07) is 5.69. The molecular formula is C14H22N2O2. The van der Waals surface area contributed by atoms with E-state index in [4.69, 9.17) is 10.5 Å². The number of ether oxygens (including phenoxy) is 1. The number of nitrogens with two attached hydrogens (primary N) is 1. The van der Waals surface area contributed by atoms with Gasteiger partial charge < -0.3 is 15.4 Å². The van der Waals surface area contributed by atoms with Crippen LogP contribution in [0.2, 0.25) is 0 Å². The van der Waals surface area contributed by atoms with Gasteiger partial charge in [-0.15, -0.1) is 0 Å². The van der Waals surface area contributed by atoms with Crippen molar-refractivity contribution in [3.8, 4) is 5.75 Å². The molecule has 0 aromatic heterocycles. The van der Waals surface area contributed by atoms with Crippen LogP contribution in [0.15, 0.2) is 18.2 Å². The van der Waals surface area contributed by atoms with Crippen molar-refractivity contribution in [1.29, 1.82) is 0 Å². The highest BCUT2D eigenvalue weighted by molar-refractivity contribution is 5.80. The Morgan fingerprint density at radius 2 is 1.94 bits per heavy atom. The van der Waals surface area contributed by atoms with Gasteiger partial charge >= 0.3 is 0 Å². The van der Waals surface area contributed by atoms with Gasteiger partial charge in [-0.25, -0.2) is 0 Å². The Morgan fingerprint density at radius 3 is 2.44 bits per heavy atom. The van der Waals surface area contributed by atoms with Crippen molar-refractivity contribution >= 4 is 5.91 Å². The number of benzene rings is 1. The van der Waals surface area contributed by atoms with E-state index >= 15 is 0 Å². The fourth-order valence-corrected chi connectivity index (χ4v) is 1.74. The lowest BCUT2D eigenvalue weighted by Gasteiger charge is -2.21. The maximum Gasteiger partial charge on any atom is 0.262 e. The van der Waals surface area contributed by atoms with E-state index in [0.29, 0.717) is 5.75 Å². The number of hydrogen-bond acceptors (Lipinski definition) is 3. The zero-order chi connectivity index (χ0) is 13.9. The lowest BCUT2D eigenvalue weighted by molar-refractivity contribution is -0.135. The monoisotopic (exact) mass is 250 g/mol. The number of hydrogen-bond donors (Lipinski definition) is 1. The molecule has 18 heavy (non-hydrogen) atoms. The van der Waals surface area contributed by atoms with Crippen LogP contribution in [0.5, 0.6) is 5.75 Å². The van der Waals surface area contributed by atoms with Crippen LogP contribution in [0.4, 0.5) is 0 Å². The molecule has 1 aromatic rings. The van der Waals surface area contributed by atoms with E-state index in [2.05, 4.69) is 0 Å². The molecular weight excluding hydrogens is 228 g/mol. The molecule has 100 valence electrons. The van der Waals surface area contributed by atoms with Gasteiger partial charge in [-0.05, 0) is 26.8 Å². The fourth-order valence-electron chi connectivity index (χ4n) is 1.74. The topological polar surface area (TPSA) is 55.6 Å². The Hall–Kier alpha value is -1.55. The first kappa shape index (κ1) is 14.5. The smallest absolute Gasteiger partial charge is 0.262 e. The van der Waals surface area contributed by atoms with Gasteiger partial charge in [0, 0.05) is 25.7 Å². The standard InChI is InChI=1S/C14H22N2O2/c1-9-6-7-13(12(8-9)10(2)15)18-11(3)14(17)16(4)5/h6-8,10-11H,15H2,1-5H3/t10-,11?/m1/s1. The first-order valence-corrected chi connectivity index (χ1v) is 6.07. The van der Waals surface area contributed by atoms with E-state index in [-0.39, 0.29) is 11.9 Å². The Balaban J connectivity index is 2.94. The lowest BCUT2D eigenvalue weighted by Crippen LogP contribution is -2.35. The van der Waals surface area contributed by atoms with Crippen molar-refractivity contribution < 1.29 is 9.53 Å². The summed E-state index contributed by atoms with van der Waals surface area (Å²) in [6.07, 6.45) is -0.514. The predicted octanol–water partition coefficient (Wildman–Crippen LogP) is 1.87. The molecule has 0 aliphatic rings. The van der Waals surface area contributed by atoms with Crippen LogP contribution >= 0.6 is 0 Å². The molecule has 1 rings (SSSR count). The molecule has 0 saturated heterocycles. The van der Waals surface area contributed by atoms with E-state index in [0.717, 1.165) is 11.1 Å². The highest BCUT2D eigenvalue weighted by atomic mass is 16.5. The molecule has 0 aliphatic heterocycles. The summed E-state index contributed by atoms with van der Waals surface area (Å²) in [6.45, 7) is 5.65. The van der Waals surface area contributed by atoms with Gasteiger partial charge in [-0.2, -0.15) is 0 Å². The molecule has 1 aromatic carbocycles. The third-order valence-corrected chi connectivity index (χ3v) is 2.75. The van der Waals surface area contributed by atoms with Crippen molar-refractivity contribution in [2.45, 2.75) is 32.9 Å². The number of nitrogens with zero attached hydrogens (tertiary/aromatic N) is 1. The van der Waals surface area contributed by atoms with Gasteiger partial charge in [-0.3, -0.25) is 4.79 Å². The van der Waals surface area contributed by atoms with Gasteiger partial charge in [0.25, 0.3) is 5.91 Å². The molecule has 2 N–H and O–H groups in total. The first-order chi connectivity index (χ1) is 8.32. The Bertz CT molecular complexity index is 428. The highest BCUT2D eigenvalue weighted by Gasteiger charge is 2.18. The van der Waals surface area contributed by atoms with Crippen LogP contribution in [0.1, 0.15) is 31.0 Å². The summed E-state index contributed by atoms with van der Waals surface area (Å²) in [5, 5.41) is 0. The molecule has 0 aliphatic carbocycles. The largest absolute Gasteiger partial charge is 0.481 e. The van der Waals surface area contributed by atoms with Crippen LogP contribution in [-0.2, 0) is 4.79 Å². The maximum absolute atomic E-state index is 11.8. The van der Waals surface area contributed by atoms with Crippen LogP contribution in [-0.4, -0.2) is 31.0 Å². The van der Waals surface area contributed by atoms with Crippen molar-refractivity contribution in [1.82, 2.24) is 4.90 Å². The number of carbonyl (C=O) groups is 1. The van der Waals surface area contributed by atoms with E-state index in [1.807, 2.05) is 32.0 Å². The normalized spacial score (nSPS) is 13.9. The molecule has 1 unspecified atom stereocenters.